The molecule has 0 aliphatic heterocycles. The second-order valence-electron chi connectivity index (χ2n) is 4.29. The average Bonchev–Trinajstić information content (AvgIpc) is 2.55. The third kappa shape index (κ3) is 6.92. The number of ether oxygens (including phenoxy) is 1. The highest BCUT2D eigenvalue weighted by molar-refractivity contribution is 5.92. The molecular formula is C17H19NO3. The summed E-state index contributed by atoms with van der Waals surface area (Å²) in [4.78, 5) is 21.2. The van der Waals surface area contributed by atoms with Gasteiger partial charge in [0.05, 0.1) is 7.11 Å². The molecule has 2 N–H and O–H groups in total. The molecular weight excluding hydrogens is 266 g/mol. The van der Waals surface area contributed by atoms with Gasteiger partial charge in [0.2, 0.25) is 5.91 Å². The van der Waals surface area contributed by atoms with Crippen molar-refractivity contribution >= 4 is 11.9 Å². The van der Waals surface area contributed by atoms with Gasteiger partial charge in [-0.25, -0.2) is 0 Å². The zero-order chi connectivity index (χ0) is 15.5. The van der Waals surface area contributed by atoms with Crippen LogP contribution in [0.15, 0.2) is 60.7 Å². The summed E-state index contributed by atoms with van der Waals surface area (Å²) in [5.41, 5.74) is 6.70. The van der Waals surface area contributed by atoms with E-state index in [1.165, 1.54) is 12.7 Å². The molecule has 0 fully saturated rings. The van der Waals surface area contributed by atoms with Crippen molar-refractivity contribution in [2.75, 3.05) is 7.11 Å². The van der Waals surface area contributed by atoms with Gasteiger partial charge in [0.1, 0.15) is 0 Å². The lowest BCUT2D eigenvalue weighted by molar-refractivity contribution is -0.140. The number of carbonyl (C=O) groups excluding carboxylic acids is 2. The Morgan fingerprint density at radius 1 is 0.952 bits per heavy atom. The van der Waals surface area contributed by atoms with Crippen molar-refractivity contribution in [2.45, 2.75) is 12.8 Å². The van der Waals surface area contributed by atoms with Gasteiger partial charge in [-0.1, -0.05) is 48.5 Å². The monoisotopic (exact) mass is 285 g/mol. The fraction of sp³-hybridized carbons (Fsp3) is 0.176. The Labute approximate surface area is 124 Å². The van der Waals surface area contributed by atoms with Gasteiger partial charge in [-0.2, -0.15) is 0 Å². The number of aryl methyl sites for hydroxylation is 1. The SMILES string of the molecule is COC(=O)CCc1ccccc1.NC(=O)c1ccccc1. The quantitative estimate of drug-likeness (QED) is 0.878. The van der Waals surface area contributed by atoms with Crippen LogP contribution in [0.25, 0.3) is 0 Å². The molecule has 0 spiro atoms. The van der Waals surface area contributed by atoms with Gasteiger partial charge >= 0.3 is 5.97 Å². The number of carbonyl (C=O) groups is 2. The molecule has 2 aromatic rings. The maximum absolute atomic E-state index is 10.8. The van der Waals surface area contributed by atoms with E-state index >= 15 is 0 Å². The van der Waals surface area contributed by atoms with Gasteiger partial charge in [0, 0.05) is 12.0 Å². The molecule has 0 aliphatic carbocycles. The third-order valence-electron chi connectivity index (χ3n) is 2.75. The van der Waals surface area contributed by atoms with E-state index in [4.69, 9.17) is 5.73 Å². The molecule has 0 heterocycles. The van der Waals surface area contributed by atoms with Crippen LogP contribution < -0.4 is 5.73 Å². The third-order valence-corrected chi connectivity index (χ3v) is 2.75. The number of rotatable bonds is 4. The molecule has 2 rings (SSSR count). The summed E-state index contributed by atoms with van der Waals surface area (Å²) in [6.45, 7) is 0. The van der Waals surface area contributed by atoms with E-state index in [-0.39, 0.29) is 11.9 Å². The Balaban J connectivity index is 0.000000219. The summed E-state index contributed by atoms with van der Waals surface area (Å²) < 4.78 is 4.53. The molecule has 4 nitrogen and oxygen atoms in total. The highest BCUT2D eigenvalue weighted by Crippen LogP contribution is 2.02. The zero-order valence-corrected chi connectivity index (χ0v) is 12.0. The van der Waals surface area contributed by atoms with E-state index in [0.717, 1.165) is 6.42 Å². The molecule has 4 heteroatoms. The van der Waals surface area contributed by atoms with Crippen LogP contribution in [0.1, 0.15) is 22.3 Å². The molecule has 0 saturated carbocycles. The minimum atomic E-state index is -0.379. The van der Waals surface area contributed by atoms with Crippen molar-refractivity contribution < 1.29 is 14.3 Å². The summed E-state index contributed by atoms with van der Waals surface area (Å²) in [6, 6.07) is 18.7. The summed E-state index contributed by atoms with van der Waals surface area (Å²) in [5.74, 6) is -0.533. The lowest BCUT2D eigenvalue weighted by Gasteiger charge is -1.98. The Morgan fingerprint density at radius 2 is 1.48 bits per heavy atom. The predicted molar refractivity (Wildman–Crippen MR) is 81.7 cm³/mol. The molecule has 0 aromatic heterocycles. The van der Waals surface area contributed by atoms with Crippen LogP contribution in [0.5, 0.6) is 0 Å². The molecule has 0 radical (unpaired) electrons. The first-order valence-corrected chi connectivity index (χ1v) is 6.59. The molecule has 0 saturated heterocycles. The first-order valence-electron chi connectivity index (χ1n) is 6.59. The van der Waals surface area contributed by atoms with Crippen LogP contribution in [-0.4, -0.2) is 19.0 Å². The largest absolute Gasteiger partial charge is 0.469 e. The standard InChI is InChI=1S/C10H12O2.C7H7NO/c1-12-10(11)8-7-9-5-3-2-4-6-9;8-7(9)6-4-2-1-3-5-6/h2-6H,7-8H2,1H3;1-5H,(H2,8,9). The number of hydrogen-bond acceptors (Lipinski definition) is 3. The number of primary amides is 1. The van der Waals surface area contributed by atoms with E-state index in [2.05, 4.69) is 4.74 Å². The van der Waals surface area contributed by atoms with Crippen molar-refractivity contribution in [3.63, 3.8) is 0 Å². The molecule has 21 heavy (non-hydrogen) atoms. The average molecular weight is 285 g/mol. The molecule has 0 aliphatic rings. The number of amides is 1. The highest BCUT2D eigenvalue weighted by Gasteiger charge is 1.99. The number of nitrogens with two attached hydrogens (primary N) is 1. The van der Waals surface area contributed by atoms with Gasteiger partial charge in [0.15, 0.2) is 0 Å². The lowest BCUT2D eigenvalue weighted by atomic mass is 10.1. The minimum Gasteiger partial charge on any atom is -0.469 e. The van der Waals surface area contributed by atoms with E-state index in [0.29, 0.717) is 12.0 Å². The van der Waals surface area contributed by atoms with Crippen LogP contribution in [0, 0.1) is 0 Å². The van der Waals surface area contributed by atoms with Gasteiger partial charge in [0.25, 0.3) is 0 Å². The predicted octanol–water partition coefficient (Wildman–Crippen LogP) is 2.58. The highest BCUT2D eigenvalue weighted by atomic mass is 16.5. The van der Waals surface area contributed by atoms with Crippen LogP contribution in [0.3, 0.4) is 0 Å². The maximum Gasteiger partial charge on any atom is 0.305 e. The fourth-order valence-corrected chi connectivity index (χ4v) is 1.60. The first kappa shape index (κ1) is 16.4. The maximum atomic E-state index is 10.8. The van der Waals surface area contributed by atoms with E-state index in [9.17, 15) is 9.59 Å². The Kier molecular flexibility index (Phi) is 7.29. The smallest absolute Gasteiger partial charge is 0.305 e. The fourth-order valence-electron chi connectivity index (χ4n) is 1.60. The number of esters is 1. The van der Waals surface area contributed by atoms with Gasteiger partial charge in [-0.3, -0.25) is 9.59 Å². The molecule has 0 atom stereocenters. The molecule has 0 bridgehead atoms. The van der Waals surface area contributed by atoms with Crippen LogP contribution in [0.4, 0.5) is 0 Å². The second-order valence-corrected chi connectivity index (χ2v) is 4.29. The topological polar surface area (TPSA) is 69.4 Å². The molecule has 110 valence electrons. The Bertz CT molecular complexity index is 553. The normalized spacial score (nSPS) is 9.19. The molecule has 2 aromatic carbocycles. The second kappa shape index (κ2) is 9.31. The van der Waals surface area contributed by atoms with Crippen molar-refractivity contribution in [3.05, 3.63) is 71.8 Å². The van der Waals surface area contributed by atoms with E-state index in [1.807, 2.05) is 36.4 Å². The van der Waals surface area contributed by atoms with E-state index in [1.54, 1.807) is 24.3 Å². The Morgan fingerprint density at radius 3 is 1.90 bits per heavy atom. The van der Waals surface area contributed by atoms with Gasteiger partial charge < -0.3 is 10.5 Å². The van der Waals surface area contributed by atoms with Crippen molar-refractivity contribution in [1.29, 1.82) is 0 Å². The number of hydrogen-bond donors (Lipinski definition) is 1. The summed E-state index contributed by atoms with van der Waals surface area (Å²) in [5, 5.41) is 0. The van der Waals surface area contributed by atoms with Crippen molar-refractivity contribution in [1.82, 2.24) is 0 Å². The molecule has 0 unspecified atom stereocenters. The van der Waals surface area contributed by atoms with Crippen LogP contribution in [-0.2, 0) is 16.0 Å². The number of methoxy groups -OCH3 is 1. The van der Waals surface area contributed by atoms with Gasteiger partial charge in [-0.15, -0.1) is 0 Å². The summed E-state index contributed by atoms with van der Waals surface area (Å²) >= 11 is 0. The van der Waals surface area contributed by atoms with Gasteiger partial charge in [-0.05, 0) is 24.1 Å². The van der Waals surface area contributed by atoms with Crippen molar-refractivity contribution in [3.8, 4) is 0 Å². The number of benzene rings is 2. The first-order chi connectivity index (χ1) is 10.1. The van der Waals surface area contributed by atoms with Crippen molar-refractivity contribution in [2.24, 2.45) is 5.73 Å². The molecule has 1 amide bonds. The lowest BCUT2D eigenvalue weighted by Crippen LogP contribution is -2.09. The van der Waals surface area contributed by atoms with Crippen LogP contribution in [0.2, 0.25) is 0 Å². The summed E-state index contributed by atoms with van der Waals surface area (Å²) in [7, 11) is 1.41. The van der Waals surface area contributed by atoms with Crippen LogP contribution >= 0.6 is 0 Å². The summed E-state index contributed by atoms with van der Waals surface area (Å²) in [6.07, 6.45) is 1.22. The zero-order valence-electron chi connectivity index (χ0n) is 12.0. The minimum absolute atomic E-state index is 0.154. The Hall–Kier alpha value is -2.62. The van der Waals surface area contributed by atoms with E-state index < -0.39 is 0 Å².